The number of amides is 2. The molecule has 1 fully saturated rings. The molecule has 1 saturated heterocycles. The average Bonchev–Trinajstić information content (AvgIpc) is 2.73. The summed E-state index contributed by atoms with van der Waals surface area (Å²) in [6.07, 6.45) is 2.66. The summed E-state index contributed by atoms with van der Waals surface area (Å²) in [7, 11) is 0. The fourth-order valence-electron chi connectivity index (χ4n) is 3.24. The van der Waals surface area contributed by atoms with Crippen molar-refractivity contribution in [3.8, 4) is 5.75 Å². The van der Waals surface area contributed by atoms with Gasteiger partial charge in [-0.05, 0) is 55.7 Å². The van der Waals surface area contributed by atoms with Crippen LogP contribution in [0, 0.1) is 0 Å². The molecule has 148 valence electrons. The second kappa shape index (κ2) is 10.1. The molecular formula is C22H25ClN2O3. The van der Waals surface area contributed by atoms with Gasteiger partial charge in [0.1, 0.15) is 5.75 Å². The Labute approximate surface area is 170 Å². The molecule has 0 spiro atoms. The molecule has 0 bridgehead atoms. The highest BCUT2D eigenvalue weighted by molar-refractivity contribution is 6.30. The molecule has 0 unspecified atom stereocenters. The van der Waals surface area contributed by atoms with Crippen molar-refractivity contribution in [2.24, 2.45) is 0 Å². The lowest BCUT2D eigenvalue weighted by Crippen LogP contribution is -2.46. The first kappa shape index (κ1) is 20.2. The Bertz CT molecular complexity index is 772. The first-order chi connectivity index (χ1) is 13.6. The lowest BCUT2D eigenvalue weighted by Gasteiger charge is -2.32. The van der Waals surface area contributed by atoms with E-state index in [1.54, 1.807) is 24.3 Å². The maximum atomic E-state index is 12.5. The number of benzene rings is 2. The Morgan fingerprint density at radius 3 is 2.39 bits per heavy atom. The van der Waals surface area contributed by atoms with E-state index >= 15 is 0 Å². The predicted octanol–water partition coefficient (Wildman–Crippen LogP) is 3.92. The molecule has 1 N–H and O–H groups in total. The van der Waals surface area contributed by atoms with E-state index in [9.17, 15) is 9.59 Å². The molecule has 1 heterocycles. The van der Waals surface area contributed by atoms with E-state index < -0.39 is 0 Å². The van der Waals surface area contributed by atoms with Crippen molar-refractivity contribution in [1.29, 1.82) is 0 Å². The third kappa shape index (κ3) is 5.99. The minimum absolute atomic E-state index is 0.0134. The molecular weight excluding hydrogens is 376 g/mol. The van der Waals surface area contributed by atoms with Crippen molar-refractivity contribution in [3.63, 3.8) is 0 Å². The van der Waals surface area contributed by atoms with Crippen LogP contribution in [0.25, 0.3) is 0 Å². The number of ether oxygens (including phenoxy) is 1. The molecule has 1 aliphatic rings. The lowest BCUT2D eigenvalue weighted by atomic mass is 10.0. The largest absolute Gasteiger partial charge is 0.494 e. The number of hydrogen-bond donors (Lipinski definition) is 1. The Morgan fingerprint density at radius 2 is 1.71 bits per heavy atom. The summed E-state index contributed by atoms with van der Waals surface area (Å²) < 4.78 is 5.60. The molecule has 1 aliphatic heterocycles. The van der Waals surface area contributed by atoms with Crippen molar-refractivity contribution in [1.82, 2.24) is 10.2 Å². The van der Waals surface area contributed by atoms with Crippen molar-refractivity contribution in [3.05, 3.63) is 65.2 Å². The molecule has 0 atom stereocenters. The van der Waals surface area contributed by atoms with Crippen LogP contribution in [0.1, 0.15) is 36.0 Å². The van der Waals surface area contributed by atoms with Gasteiger partial charge in [-0.2, -0.15) is 0 Å². The van der Waals surface area contributed by atoms with Crippen LogP contribution >= 0.6 is 11.6 Å². The molecule has 0 aliphatic carbocycles. The normalized spacial score (nSPS) is 14.5. The highest BCUT2D eigenvalue weighted by atomic mass is 35.5. The molecule has 0 radical (unpaired) electrons. The molecule has 6 heteroatoms. The molecule has 2 amide bonds. The van der Waals surface area contributed by atoms with Gasteiger partial charge >= 0.3 is 0 Å². The fourth-order valence-corrected chi connectivity index (χ4v) is 3.37. The number of piperidine rings is 1. The summed E-state index contributed by atoms with van der Waals surface area (Å²) in [5.74, 6) is 0.874. The second-order valence-electron chi connectivity index (χ2n) is 6.91. The van der Waals surface area contributed by atoms with Crippen LogP contribution in [0.5, 0.6) is 5.75 Å². The minimum Gasteiger partial charge on any atom is -0.494 e. The molecule has 3 rings (SSSR count). The predicted molar refractivity (Wildman–Crippen MR) is 110 cm³/mol. The number of rotatable bonds is 7. The summed E-state index contributed by atoms with van der Waals surface area (Å²) in [5.41, 5.74) is 0.644. The minimum atomic E-state index is 0.0134. The van der Waals surface area contributed by atoms with Crippen molar-refractivity contribution < 1.29 is 14.3 Å². The molecule has 2 aromatic carbocycles. The van der Waals surface area contributed by atoms with Crippen LogP contribution in [-0.4, -0.2) is 42.5 Å². The van der Waals surface area contributed by atoms with E-state index in [-0.39, 0.29) is 17.9 Å². The second-order valence-corrected chi connectivity index (χ2v) is 7.34. The zero-order chi connectivity index (χ0) is 19.8. The molecule has 2 aromatic rings. The maximum Gasteiger partial charge on any atom is 0.253 e. The van der Waals surface area contributed by atoms with Crippen LogP contribution in [0.4, 0.5) is 0 Å². The van der Waals surface area contributed by atoms with Gasteiger partial charge in [0.25, 0.3) is 5.91 Å². The number of nitrogens with one attached hydrogen (secondary N) is 1. The van der Waals surface area contributed by atoms with Crippen molar-refractivity contribution in [2.45, 2.75) is 31.7 Å². The molecule has 5 nitrogen and oxygen atoms in total. The molecule has 0 aromatic heterocycles. The maximum absolute atomic E-state index is 12.5. The van der Waals surface area contributed by atoms with E-state index in [4.69, 9.17) is 16.3 Å². The zero-order valence-electron chi connectivity index (χ0n) is 15.8. The van der Waals surface area contributed by atoms with Gasteiger partial charge in [-0.1, -0.05) is 29.8 Å². The number of likely N-dealkylation sites (tertiary alicyclic amines) is 1. The highest BCUT2D eigenvalue weighted by Gasteiger charge is 2.24. The Morgan fingerprint density at radius 1 is 1.04 bits per heavy atom. The summed E-state index contributed by atoms with van der Waals surface area (Å²) in [4.78, 5) is 26.5. The standard InChI is InChI=1S/C22H25ClN2O3/c23-18-10-8-17(9-11-18)22(27)25-14-12-19(13-15-25)24-21(26)7-4-16-28-20-5-2-1-3-6-20/h1-3,5-6,8-11,19H,4,7,12-16H2,(H,24,26). The average molecular weight is 401 g/mol. The van der Waals surface area contributed by atoms with Crippen LogP contribution in [-0.2, 0) is 4.79 Å². The Balaban J connectivity index is 1.34. The van der Waals surface area contributed by atoms with Crippen LogP contribution in [0.15, 0.2) is 54.6 Å². The topological polar surface area (TPSA) is 58.6 Å². The summed E-state index contributed by atoms with van der Waals surface area (Å²) in [6, 6.07) is 16.7. The summed E-state index contributed by atoms with van der Waals surface area (Å²) in [5, 5.41) is 3.69. The van der Waals surface area contributed by atoms with Gasteiger partial charge in [-0.15, -0.1) is 0 Å². The van der Waals surface area contributed by atoms with E-state index in [2.05, 4.69) is 5.32 Å². The quantitative estimate of drug-likeness (QED) is 0.716. The van der Waals surface area contributed by atoms with Gasteiger partial charge in [-0.25, -0.2) is 0 Å². The monoisotopic (exact) mass is 400 g/mol. The van der Waals surface area contributed by atoms with Crippen molar-refractivity contribution in [2.75, 3.05) is 19.7 Å². The number of hydrogen-bond acceptors (Lipinski definition) is 3. The van der Waals surface area contributed by atoms with E-state index in [1.165, 1.54) is 0 Å². The number of carbonyl (C=O) groups is 2. The van der Waals surface area contributed by atoms with Gasteiger partial charge in [0.15, 0.2) is 0 Å². The summed E-state index contributed by atoms with van der Waals surface area (Å²) in [6.45, 7) is 1.80. The van der Waals surface area contributed by atoms with Gasteiger partial charge in [0.05, 0.1) is 6.61 Å². The number of nitrogens with zero attached hydrogens (tertiary/aromatic N) is 1. The molecule has 0 saturated carbocycles. The summed E-state index contributed by atoms with van der Waals surface area (Å²) >= 11 is 5.87. The third-order valence-electron chi connectivity index (χ3n) is 4.80. The fraction of sp³-hybridized carbons (Fsp3) is 0.364. The van der Waals surface area contributed by atoms with Gasteiger partial charge < -0.3 is 15.0 Å². The first-order valence-corrected chi connectivity index (χ1v) is 10.0. The van der Waals surface area contributed by atoms with Crippen LogP contribution in [0.2, 0.25) is 5.02 Å². The van der Waals surface area contributed by atoms with Gasteiger partial charge in [0.2, 0.25) is 5.91 Å². The SMILES string of the molecule is O=C(CCCOc1ccccc1)NC1CCN(C(=O)c2ccc(Cl)cc2)CC1. The van der Waals surface area contributed by atoms with Crippen LogP contribution < -0.4 is 10.1 Å². The highest BCUT2D eigenvalue weighted by Crippen LogP contribution is 2.16. The van der Waals surface area contributed by atoms with E-state index in [0.29, 0.717) is 43.1 Å². The smallest absolute Gasteiger partial charge is 0.253 e. The zero-order valence-corrected chi connectivity index (χ0v) is 16.5. The Hall–Kier alpha value is -2.53. The number of para-hydroxylation sites is 1. The van der Waals surface area contributed by atoms with Gasteiger partial charge in [0, 0.05) is 36.1 Å². The lowest BCUT2D eigenvalue weighted by molar-refractivity contribution is -0.122. The number of carbonyl (C=O) groups excluding carboxylic acids is 2. The van der Waals surface area contributed by atoms with Gasteiger partial charge in [-0.3, -0.25) is 9.59 Å². The van der Waals surface area contributed by atoms with Crippen LogP contribution in [0.3, 0.4) is 0 Å². The Kier molecular flexibility index (Phi) is 7.31. The third-order valence-corrected chi connectivity index (χ3v) is 5.05. The number of halogens is 1. The van der Waals surface area contributed by atoms with E-state index in [0.717, 1.165) is 18.6 Å². The molecule has 28 heavy (non-hydrogen) atoms. The van der Waals surface area contributed by atoms with Crippen molar-refractivity contribution >= 4 is 23.4 Å². The first-order valence-electron chi connectivity index (χ1n) is 9.64. The van der Waals surface area contributed by atoms with E-state index in [1.807, 2.05) is 35.2 Å².